The molecule has 0 N–H and O–H groups in total. The quantitative estimate of drug-likeness (QED) is 0.0262. The first-order valence-corrected chi connectivity index (χ1v) is 27.5. The molecule has 368 valence electrons. The molecular formula is C57H104O6. The van der Waals surface area contributed by atoms with E-state index in [9.17, 15) is 14.4 Å². The standard InChI is InChI=1S/C57H104O6/c1-4-7-10-13-16-19-22-25-28-29-30-33-35-38-41-44-47-50-56(59)62-53-54(63-57(60)51-48-45-42-39-36-32-27-24-21-18-15-12-9-6-3)52-61-55(58)49-46-43-40-37-34-31-26-23-20-17-14-11-8-5-2/h23-28,54H,4-22,29-53H2,1-3H3/b26-23-,27-24-,28-25-. The molecule has 0 aliphatic heterocycles. The van der Waals surface area contributed by atoms with E-state index in [4.69, 9.17) is 14.2 Å². The SMILES string of the molecule is CCCCCCC/C=C\CCCCCCCC(=O)OCC(COC(=O)CCCCCCCCC/C=C\CCCCCCCC)OC(=O)CCCCCCC/C=C\CCCCCCC. The molecule has 0 aromatic heterocycles. The van der Waals surface area contributed by atoms with Gasteiger partial charge in [-0.1, -0.05) is 211 Å². The maximum atomic E-state index is 12.8. The summed E-state index contributed by atoms with van der Waals surface area (Å²) in [7, 11) is 0. The minimum atomic E-state index is -0.779. The fourth-order valence-corrected chi connectivity index (χ4v) is 7.90. The van der Waals surface area contributed by atoms with Gasteiger partial charge < -0.3 is 14.2 Å². The second kappa shape index (κ2) is 52.3. The number of hydrogen-bond donors (Lipinski definition) is 0. The molecule has 0 aliphatic rings. The molecule has 1 unspecified atom stereocenters. The van der Waals surface area contributed by atoms with Gasteiger partial charge in [0.2, 0.25) is 0 Å². The number of allylic oxidation sites excluding steroid dienone is 6. The highest BCUT2D eigenvalue weighted by atomic mass is 16.6. The summed E-state index contributed by atoms with van der Waals surface area (Å²) < 4.78 is 16.8. The molecule has 0 aromatic carbocycles. The molecule has 0 aromatic rings. The molecule has 0 spiro atoms. The molecule has 0 saturated carbocycles. The van der Waals surface area contributed by atoms with Crippen LogP contribution in [0.5, 0.6) is 0 Å². The Morgan fingerprint density at radius 2 is 0.524 bits per heavy atom. The van der Waals surface area contributed by atoms with Gasteiger partial charge in [0.05, 0.1) is 0 Å². The highest BCUT2D eigenvalue weighted by molar-refractivity contribution is 5.71. The van der Waals surface area contributed by atoms with Gasteiger partial charge in [-0.05, 0) is 96.3 Å². The van der Waals surface area contributed by atoms with Gasteiger partial charge in [0.15, 0.2) is 6.10 Å². The molecule has 0 heterocycles. The van der Waals surface area contributed by atoms with Crippen molar-refractivity contribution in [1.29, 1.82) is 0 Å². The van der Waals surface area contributed by atoms with Gasteiger partial charge in [-0.15, -0.1) is 0 Å². The summed E-state index contributed by atoms with van der Waals surface area (Å²) in [5, 5.41) is 0. The van der Waals surface area contributed by atoms with Crippen LogP contribution in [0.4, 0.5) is 0 Å². The van der Waals surface area contributed by atoms with Crippen LogP contribution in [0.3, 0.4) is 0 Å². The van der Waals surface area contributed by atoms with Crippen LogP contribution in [0.25, 0.3) is 0 Å². The predicted molar refractivity (Wildman–Crippen MR) is 270 cm³/mol. The van der Waals surface area contributed by atoms with Gasteiger partial charge in [0.25, 0.3) is 0 Å². The molecule has 0 bridgehead atoms. The van der Waals surface area contributed by atoms with Crippen molar-refractivity contribution in [3.05, 3.63) is 36.5 Å². The minimum absolute atomic E-state index is 0.0786. The molecule has 0 amide bonds. The van der Waals surface area contributed by atoms with Crippen LogP contribution in [0.2, 0.25) is 0 Å². The molecule has 0 aliphatic carbocycles. The Morgan fingerprint density at radius 1 is 0.302 bits per heavy atom. The van der Waals surface area contributed by atoms with Crippen LogP contribution in [0.1, 0.15) is 290 Å². The maximum absolute atomic E-state index is 12.8. The first-order chi connectivity index (χ1) is 31.0. The lowest BCUT2D eigenvalue weighted by Crippen LogP contribution is -2.30. The summed E-state index contributed by atoms with van der Waals surface area (Å²) in [6.07, 6.45) is 61.2. The Bertz CT molecular complexity index is 1060. The number of esters is 3. The van der Waals surface area contributed by atoms with E-state index in [1.807, 2.05) is 0 Å². The van der Waals surface area contributed by atoms with Crippen LogP contribution in [-0.2, 0) is 28.6 Å². The molecule has 0 fully saturated rings. The van der Waals surface area contributed by atoms with Crippen molar-refractivity contribution in [1.82, 2.24) is 0 Å². The molecule has 6 nitrogen and oxygen atoms in total. The number of rotatable bonds is 50. The van der Waals surface area contributed by atoms with Crippen LogP contribution >= 0.6 is 0 Å². The number of unbranched alkanes of at least 4 members (excludes halogenated alkanes) is 33. The number of carbonyl (C=O) groups excluding carboxylic acids is 3. The number of ether oxygens (including phenoxy) is 3. The topological polar surface area (TPSA) is 78.9 Å². The van der Waals surface area contributed by atoms with Crippen molar-refractivity contribution < 1.29 is 28.6 Å². The molecule has 63 heavy (non-hydrogen) atoms. The average Bonchev–Trinajstić information content (AvgIpc) is 3.28. The summed E-state index contributed by atoms with van der Waals surface area (Å²) in [4.78, 5) is 38.0. The lowest BCUT2D eigenvalue weighted by Gasteiger charge is -2.18. The summed E-state index contributed by atoms with van der Waals surface area (Å²) in [5.74, 6) is -0.888. The van der Waals surface area contributed by atoms with Crippen LogP contribution in [-0.4, -0.2) is 37.2 Å². The van der Waals surface area contributed by atoms with Gasteiger partial charge in [-0.2, -0.15) is 0 Å². The van der Waals surface area contributed by atoms with Crippen molar-refractivity contribution in [2.75, 3.05) is 13.2 Å². The zero-order chi connectivity index (χ0) is 45.8. The highest BCUT2D eigenvalue weighted by Gasteiger charge is 2.19. The van der Waals surface area contributed by atoms with E-state index in [1.54, 1.807) is 0 Å². The molecular weight excluding hydrogens is 781 g/mol. The molecule has 1 atom stereocenters. The monoisotopic (exact) mass is 885 g/mol. The zero-order valence-corrected chi connectivity index (χ0v) is 42.1. The molecule has 0 radical (unpaired) electrons. The van der Waals surface area contributed by atoms with E-state index >= 15 is 0 Å². The Hall–Kier alpha value is -2.37. The van der Waals surface area contributed by atoms with Gasteiger partial charge in [-0.3, -0.25) is 14.4 Å². The van der Waals surface area contributed by atoms with Crippen molar-refractivity contribution in [2.45, 2.75) is 297 Å². The molecule has 6 heteroatoms. The minimum Gasteiger partial charge on any atom is -0.462 e. The Morgan fingerprint density at radius 3 is 0.794 bits per heavy atom. The van der Waals surface area contributed by atoms with E-state index in [0.29, 0.717) is 19.3 Å². The Kier molecular flexibility index (Phi) is 50.3. The van der Waals surface area contributed by atoms with Crippen LogP contribution in [0.15, 0.2) is 36.5 Å². The zero-order valence-electron chi connectivity index (χ0n) is 42.1. The molecule has 0 saturated heterocycles. The van der Waals surface area contributed by atoms with E-state index < -0.39 is 6.10 Å². The number of carbonyl (C=O) groups is 3. The van der Waals surface area contributed by atoms with E-state index in [1.165, 1.54) is 180 Å². The second-order valence-electron chi connectivity index (χ2n) is 18.5. The fraction of sp³-hybridized carbons (Fsp3) is 0.842. The van der Waals surface area contributed by atoms with Crippen molar-refractivity contribution in [3.8, 4) is 0 Å². The van der Waals surface area contributed by atoms with Gasteiger partial charge >= 0.3 is 17.9 Å². The third-order valence-corrected chi connectivity index (χ3v) is 12.1. The third-order valence-electron chi connectivity index (χ3n) is 12.1. The normalized spacial score (nSPS) is 12.2. The van der Waals surface area contributed by atoms with Gasteiger partial charge in [-0.25, -0.2) is 0 Å². The van der Waals surface area contributed by atoms with Gasteiger partial charge in [0, 0.05) is 19.3 Å². The summed E-state index contributed by atoms with van der Waals surface area (Å²) in [5.41, 5.74) is 0. The van der Waals surface area contributed by atoms with E-state index in [2.05, 4.69) is 57.2 Å². The van der Waals surface area contributed by atoms with Crippen LogP contribution < -0.4 is 0 Å². The average molecular weight is 885 g/mol. The van der Waals surface area contributed by atoms with Gasteiger partial charge in [0.1, 0.15) is 13.2 Å². The lowest BCUT2D eigenvalue weighted by atomic mass is 10.1. The second-order valence-corrected chi connectivity index (χ2v) is 18.5. The highest BCUT2D eigenvalue weighted by Crippen LogP contribution is 2.15. The van der Waals surface area contributed by atoms with Crippen molar-refractivity contribution >= 4 is 17.9 Å². The smallest absolute Gasteiger partial charge is 0.306 e. The van der Waals surface area contributed by atoms with Crippen LogP contribution in [0, 0.1) is 0 Å². The van der Waals surface area contributed by atoms with E-state index in [0.717, 1.165) is 70.6 Å². The molecule has 0 rings (SSSR count). The predicted octanol–water partition coefficient (Wildman–Crippen LogP) is 18.1. The number of hydrogen-bond acceptors (Lipinski definition) is 6. The fourth-order valence-electron chi connectivity index (χ4n) is 7.90. The summed E-state index contributed by atoms with van der Waals surface area (Å²) >= 11 is 0. The van der Waals surface area contributed by atoms with Crippen molar-refractivity contribution in [3.63, 3.8) is 0 Å². The van der Waals surface area contributed by atoms with Crippen molar-refractivity contribution in [2.24, 2.45) is 0 Å². The Labute approximate surface area is 391 Å². The first kappa shape index (κ1) is 60.6. The Balaban J connectivity index is 4.37. The summed E-state index contributed by atoms with van der Waals surface area (Å²) in [6, 6.07) is 0. The lowest BCUT2D eigenvalue weighted by molar-refractivity contribution is -0.167. The maximum Gasteiger partial charge on any atom is 0.306 e. The summed E-state index contributed by atoms with van der Waals surface area (Å²) in [6.45, 7) is 6.62. The first-order valence-electron chi connectivity index (χ1n) is 27.5. The van der Waals surface area contributed by atoms with E-state index in [-0.39, 0.29) is 31.1 Å². The largest absolute Gasteiger partial charge is 0.462 e. The third kappa shape index (κ3) is 50.5.